The maximum absolute atomic E-state index is 12.6. The number of aryl methyl sites for hydroxylation is 2. The first-order valence-corrected chi connectivity index (χ1v) is 6.90. The van der Waals surface area contributed by atoms with Crippen molar-refractivity contribution in [3.8, 4) is 0 Å². The molecule has 0 aliphatic carbocycles. The van der Waals surface area contributed by atoms with E-state index in [1.54, 1.807) is 11.7 Å². The Morgan fingerprint density at radius 2 is 2.00 bits per heavy atom. The lowest BCUT2D eigenvalue weighted by Gasteiger charge is -2.23. The lowest BCUT2D eigenvalue weighted by Crippen LogP contribution is -2.34. The summed E-state index contributed by atoms with van der Waals surface area (Å²) < 4.78 is 1.60. The number of anilines is 1. The number of nitrogen functional groups attached to an aromatic ring is 1. The normalized spacial score (nSPS) is 19.3. The molecule has 0 saturated carbocycles. The van der Waals surface area contributed by atoms with Gasteiger partial charge in [-0.1, -0.05) is 13.8 Å². The molecule has 106 valence electrons. The first kappa shape index (κ1) is 13.9. The van der Waals surface area contributed by atoms with Crippen molar-refractivity contribution in [1.29, 1.82) is 0 Å². The Labute approximate surface area is 114 Å². The summed E-state index contributed by atoms with van der Waals surface area (Å²) >= 11 is 0. The van der Waals surface area contributed by atoms with Gasteiger partial charge in [0.1, 0.15) is 5.69 Å². The van der Waals surface area contributed by atoms with E-state index in [4.69, 9.17) is 5.73 Å². The molecule has 1 saturated heterocycles. The van der Waals surface area contributed by atoms with Gasteiger partial charge in [0.15, 0.2) is 0 Å². The zero-order valence-electron chi connectivity index (χ0n) is 12.4. The number of nitrogens with two attached hydrogens (primary N) is 1. The molecule has 1 amide bonds. The predicted molar refractivity (Wildman–Crippen MR) is 75.9 cm³/mol. The molecule has 0 spiro atoms. The quantitative estimate of drug-likeness (QED) is 0.843. The largest absolute Gasteiger partial charge is 0.395 e. The summed E-state index contributed by atoms with van der Waals surface area (Å²) in [5, 5.41) is 4.22. The lowest BCUT2D eigenvalue weighted by atomic mass is 9.85. The Morgan fingerprint density at radius 3 is 2.58 bits per heavy atom. The molecule has 0 aromatic carbocycles. The fourth-order valence-corrected chi connectivity index (χ4v) is 2.70. The van der Waals surface area contributed by atoms with Crippen molar-refractivity contribution in [2.75, 3.05) is 18.8 Å². The summed E-state index contributed by atoms with van der Waals surface area (Å²) in [6.07, 6.45) is 3.25. The van der Waals surface area contributed by atoms with E-state index in [0.29, 0.717) is 16.8 Å². The van der Waals surface area contributed by atoms with E-state index in [0.717, 1.165) is 38.0 Å². The number of amides is 1. The number of carbonyl (C=O) groups is 1. The van der Waals surface area contributed by atoms with Crippen molar-refractivity contribution >= 4 is 11.6 Å². The summed E-state index contributed by atoms with van der Waals surface area (Å²) in [6, 6.07) is 0. The van der Waals surface area contributed by atoms with Gasteiger partial charge in [-0.15, -0.1) is 0 Å². The van der Waals surface area contributed by atoms with Gasteiger partial charge in [-0.25, -0.2) is 0 Å². The van der Waals surface area contributed by atoms with Crippen molar-refractivity contribution in [2.24, 2.45) is 12.5 Å². The third-order valence-electron chi connectivity index (χ3n) is 4.10. The van der Waals surface area contributed by atoms with Crippen LogP contribution in [0.15, 0.2) is 0 Å². The zero-order chi connectivity index (χ0) is 14.2. The van der Waals surface area contributed by atoms with Gasteiger partial charge in [0.25, 0.3) is 5.91 Å². The van der Waals surface area contributed by atoms with Crippen LogP contribution in [0.2, 0.25) is 0 Å². The fourth-order valence-electron chi connectivity index (χ4n) is 2.70. The van der Waals surface area contributed by atoms with Crippen molar-refractivity contribution < 1.29 is 4.79 Å². The van der Waals surface area contributed by atoms with Crippen LogP contribution in [0.5, 0.6) is 0 Å². The maximum Gasteiger partial charge on any atom is 0.274 e. The van der Waals surface area contributed by atoms with Gasteiger partial charge in [-0.3, -0.25) is 9.48 Å². The van der Waals surface area contributed by atoms with Gasteiger partial charge < -0.3 is 10.6 Å². The number of hydrogen-bond donors (Lipinski definition) is 1. The van der Waals surface area contributed by atoms with Gasteiger partial charge >= 0.3 is 0 Å². The highest BCUT2D eigenvalue weighted by Crippen LogP contribution is 2.30. The first-order chi connectivity index (χ1) is 8.82. The molecule has 0 bridgehead atoms. The van der Waals surface area contributed by atoms with Crippen molar-refractivity contribution in [3.05, 3.63) is 11.4 Å². The standard InChI is InChI=1S/C14H24N4O/c1-10-11(15)12(17(4)16-10)13(19)18-8-5-6-14(2,3)7-9-18/h5-9,15H2,1-4H3. The third-order valence-corrected chi connectivity index (χ3v) is 4.10. The van der Waals surface area contributed by atoms with E-state index in [9.17, 15) is 4.79 Å². The Bertz CT molecular complexity index is 490. The molecular formula is C14H24N4O. The summed E-state index contributed by atoms with van der Waals surface area (Å²) in [5.74, 6) is 0.0123. The Kier molecular flexibility index (Phi) is 3.56. The second kappa shape index (κ2) is 4.87. The molecule has 19 heavy (non-hydrogen) atoms. The van der Waals surface area contributed by atoms with E-state index >= 15 is 0 Å². The molecule has 1 fully saturated rings. The number of nitrogens with zero attached hydrogens (tertiary/aromatic N) is 3. The molecule has 1 aliphatic heterocycles. The van der Waals surface area contributed by atoms with Crippen molar-refractivity contribution in [3.63, 3.8) is 0 Å². The van der Waals surface area contributed by atoms with E-state index in [2.05, 4.69) is 18.9 Å². The average Bonchev–Trinajstić information content (AvgIpc) is 2.49. The van der Waals surface area contributed by atoms with Gasteiger partial charge in [0.05, 0.1) is 11.4 Å². The number of carbonyl (C=O) groups excluding carboxylic acids is 1. The summed E-state index contributed by atoms with van der Waals surface area (Å²) in [5.41, 5.74) is 8.05. The van der Waals surface area contributed by atoms with E-state index in [1.165, 1.54) is 0 Å². The SMILES string of the molecule is Cc1nn(C)c(C(=O)N2CCCC(C)(C)CC2)c1N. The molecule has 2 rings (SSSR count). The molecule has 2 heterocycles. The third kappa shape index (κ3) is 2.74. The van der Waals surface area contributed by atoms with Crippen molar-refractivity contribution in [2.45, 2.75) is 40.0 Å². The van der Waals surface area contributed by atoms with Crippen LogP contribution >= 0.6 is 0 Å². The molecular weight excluding hydrogens is 240 g/mol. The number of hydrogen-bond acceptors (Lipinski definition) is 3. The molecule has 5 nitrogen and oxygen atoms in total. The van der Waals surface area contributed by atoms with Crippen LogP contribution in [0.1, 0.15) is 49.3 Å². The smallest absolute Gasteiger partial charge is 0.274 e. The Morgan fingerprint density at radius 1 is 1.32 bits per heavy atom. The molecule has 0 unspecified atom stereocenters. The van der Waals surface area contributed by atoms with Gasteiger partial charge in [-0.05, 0) is 31.6 Å². The Balaban J connectivity index is 2.20. The van der Waals surface area contributed by atoms with Crippen LogP contribution in [0.3, 0.4) is 0 Å². The minimum absolute atomic E-state index is 0.0123. The van der Waals surface area contributed by atoms with E-state index in [-0.39, 0.29) is 5.91 Å². The number of rotatable bonds is 1. The van der Waals surface area contributed by atoms with Crippen molar-refractivity contribution in [1.82, 2.24) is 14.7 Å². The fraction of sp³-hybridized carbons (Fsp3) is 0.714. The van der Waals surface area contributed by atoms with Gasteiger partial charge in [0, 0.05) is 20.1 Å². The average molecular weight is 264 g/mol. The van der Waals surface area contributed by atoms with Gasteiger partial charge in [0.2, 0.25) is 0 Å². The van der Waals surface area contributed by atoms with Crippen LogP contribution in [0.4, 0.5) is 5.69 Å². The summed E-state index contributed by atoms with van der Waals surface area (Å²) in [6.45, 7) is 7.98. The number of likely N-dealkylation sites (tertiary alicyclic amines) is 1. The zero-order valence-corrected chi connectivity index (χ0v) is 12.4. The van der Waals surface area contributed by atoms with Crippen LogP contribution in [-0.4, -0.2) is 33.7 Å². The minimum atomic E-state index is 0.0123. The monoisotopic (exact) mass is 264 g/mol. The maximum atomic E-state index is 12.6. The highest BCUT2D eigenvalue weighted by atomic mass is 16.2. The molecule has 5 heteroatoms. The molecule has 0 atom stereocenters. The minimum Gasteiger partial charge on any atom is -0.395 e. The summed E-state index contributed by atoms with van der Waals surface area (Å²) in [4.78, 5) is 14.5. The van der Waals surface area contributed by atoms with Crippen LogP contribution in [-0.2, 0) is 7.05 Å². The van der Waals surface area contributed by atoms with Crippen LogP contribution in [0, 0.1) is 12.3 Å². The van der Waals surface area contributed by atoms with E-state index in [1.807, 2.05) is 11.8 Å². The molecule has 1 aromatic heterocycles. The molecule has 0 radical (unpaired) electrons. The Hall–Kier alpha value is -1.52. The topological polar surface area (TPSA) is 64.2 Å². The van der Waals surface area contributed by atoms with Crippen LogP contribution < -0.4 is 5.73 Å². The van der Waals surface area contributed by atoms with Gasteiger partial charge in [-0.2, -0.15) is 5.10 Å². The second-order valence-electron chi connectivity index (χ2n) is 6.28. The molecule has 2 N–H and O–H groups in total. The second-order valence-corrected chi connectivity index (χ2v) is 6.28. The lowest BCUT2D eigenvalue weighted by molar-refractivity contribution is 0.0747. The summed E-state index contributed by atoms with van der Waals surface area (Å²) in [7, 11) is 1.78. The first-order valence-electron chi connectivity index (χ1n) is 6.90. The predicted octanol–water partition coefficient (Wildman–Crippen LogP) is 1.96. The molecule has 1 aliphatic rings. The van der Waals surface area contributed by atoms with Crippen LogP contribution in [0.25, 0.3) is 0 Å². The number of aromatic nitrogens is 2. The highest BCUT2D eigenvalue weighted by Gasteiger charge is 2.28. The highest BCUT2D eigenvalue weighted by molar-refractivity contribution is 5.98. The van der Waals surface area contributed by atoms with E-state index < -0.39 is 0 Å². The molecule has 1 aromatic rings.